The lowest BCUT2D eigenvalue weighted by Gasteiger charge is -2.49. The molecular weight excluding hydrogens is 470 g/mol. The summed E-state index contributed by atoms with van der Waals surface area (Å²) in [7, 11) is 1.73. The van der Waals surface area contributed by atoms with E-state index in [4.69, 9.17) is 21.1 Å². The highest BCUT2D eigenvalue weighted by molar-refractivity contribution is 7.17. The van der Waals surface area contributed by atoms with Crippen LogP contribution in [0.3, 0.4) is 0 Å². The molecule has 5 nitrogen and oxygen atoms in total. The number of carbonyl (C=O) groups is 2. The van der Waals surface area contributed by atoms with Gasteiger partial charge in [0.25, 0.3) is 0 Å². The Bertz CT molecular complexity index is 1130. The first-order chi connectivity index (χ1) is 16.4. The molecule has 2 aromatic rings. The van der Waals surface area contributed by atoms with Crippen LogP contribution < -0.4 is 10.1 Å². The van der Waals surface area contributed by atoms with Gasteiger partial charge in [0.15, 0.2) is 0 Å². The second kappa shape index (κ2) is 9.19. The Morgan fingerprint density at radius 3 is 2.85 bits per heavy atom. The number of benzene rings is 1. The van der Waals surface area contributed by atoms with Gasteiger partial charge in [-0.15, -0.1) is 22.9 Å². The number of esters is 1. The standard InChI is InChI=1S/C27H32ClNO4S/c1-4-33-26(31)23-24-21(34-25(23)29-22(30)10-12-28)14-20-19-7-5-15-13-16(32-3)6-8-17(15)18(19)9-11-27(20,24)2/h6,8,13,18-20H,4-5,7,9-12,14H2,1-3H3,(H,29,30)/t18-,19+,20+,27-/m1/s1. The zero-order valence-electron chi connectivity index (χ0n) is 20.0. The minimum absolute atomic E-state index is 0.0888. The van der Waals surface area contributed by atoms with E-state index in [1.165, 1.54) is 16.0 Å². The van der Waals surface area contributed by atoms with E-state index in [-0.39, 0.29) is 29.6 Å². The Balaban J connectivity index is 1.50. The van der Waals surface area contributed by atoms with Crippen molar-refractivity contribution in [1.29, 1.82) is 0 Å². The van der Waals surface area contributed by atoms with Crippen LogP contribution in [0.2, 0.25) is 0 Å². The normalized spacial score (nSPS) is 26.6. The van der Waals surface area contributed by atoms with Crippen molar-refractivity contribution in [3.63, 3.8) is 0 Å². The summed E-state index contributed by atoms with van der Waals surface area (Å²) in [6.45, 7) is 4.47. The van der Waals surface area contributed by atoms with Gasteiger partial charge in [0.2, 0.25) is 5.91 Å². The van der Waals surface area contributed by atoms with Crippen LogP contribution in [-0.4, -0.2) is 31.5 Å². The lowest BCUT2D eigenvalue weighted by atomic mass is 9.54. The Hall–Kier alpha value is -2.05. The molecule has 0 saturated heterocycles. The first kappa shape index (κ1) is 23.7. The summed E-state index contributed by atoms with van der Waals surface area (Å²) in [5.74, 6) is 2.32. The van der Waals surface area contributed by atoms with E-state index in [9.17, 15) is 9.59 Å². The average Bonchev–Trinajstić information content (AvgIpc) is 3.32. The fourth-order valence-electron chi connectivity index (χ4n) is 6.88. The molecule has 34 heavy (non-hydrogen) atoms. The molecule has 5 rings (SSSR count). The van der Waals surface area contributed by atoms with Crippen LogP contribution in [0.15, 0.2) is 18.2 Å². The SMILES string of the molecule is CCOC(=O)c1c(NC(=O)CCCl)sc2c1[C@]1(C)CC[C@@H]3c4ccc(OC)cc4CC[C@@H]3[C@@H]1C2. The van der Waals surface area contributed by atoms with E-state index in [0.717, 1.165) is 43.4 Å². The summed E-state index contributed by atoms with van der Waals surface area (Å²) >= 11 is 7.32. The van der Waals surface area contributed by atoms with Crippen LogP contribution >= 0.6 is 22.9 Å². The molecule has 1 heterocycles. The number of thiophene rings is 1. The molecule has 4 atom stereocenters. The number of ether oxygens (including phenoxy) is 2. The summed E-state index contributed by atoms with van der Waals surface area (Å²) in [5.41, 5.74) is 4.52. The first-order valence-electron chi connectivity index (χ1n) is 12.3. The number of hydrogen-bond donors (Lipinski definition) is 1. The first-order valence-corrected chi connectivity index (χ1v) is 13.6. The average molecular weight is 502 g/mol. The number of carbonyl (C=O) groups excluding carboxylic acids is 2. The Morgan fingerprint density at radius 1 is 1.29 bits per heavy atom. The number of halogens is 1. The summed E-state index contributed by atoms with van der Waals surface area (Å²) in [6.07, 6.45) is 5.53. The molecule has 3 aliphatic carbocycles. The van der Waals surface area contributed by atoms with Gasteiger partial charge in [-0.2, -0.15) is 0 Å². The molecule has 1 aromatic heterocycles. The van der Waals surface area contributed by atoms with E-state index in [0.29, 0.717) is 34.9 Å². The summed E-state index contributed by atoms with van der Waals surface area (Å²) in [4.78, 5) is 26.7. The Kier molecular flexibility index (Phi) is 6.40. The lowest BCUT2D eigenvalue weighted by molar-refractivity contribution is -0.115. The van der Waals surface area contributed by atoms with Crippen LogP contribution in [0.4, 0.5) is 5.00 Å². The van der Waals surface area contributed by atoms with Gasteiger partial charge in [-0.3, -0.25) is 4.79 Å². The fraction of sp³-hybridized carbons (Fsp3) is 0.556. The zero-order valence-corrected chi connectivity index (χ0v) is 21.6. The third-order valence-electron chi connectivity index (χ3n) is 8.33. The third kappa shape index (κ3) is 3.74. The second-order valence-electron chi connectivity index (χ2n) is 9.95. The molecule has 0 unspecified atom stereocenters. The van der Waals surface area contributed by atoms with Crippen molar-refractivity contribution in [2.75, 3.05) is 24.9 Å². The maximum Gasteiger partial charge on any atom is 0.341 e. The number of nitrogens with one attached hydrogen (secondary N) is 1. The topological polar surface area (TPSA) is 64.6 Å². The van der Waals surface area contributed by atoms with E-state index >= 15 is 0 Å². The van der Waals surface area contributed by atoms with E-state index in [1.54, 1.807) is 18.4 Å². The maximum absolute atomic E-state index is 13.1. The highest BCUT2D eigenvalue weighted by Crippen LogP contribution is 2.63. The van der Waals surface area contributed by atoms with Crippen molar-refractivity contribution >= 4 is 39.8 Å². The fourth-order valence-corrected chi connectivity index (χ4v) is 8.45. The van der Waals surface area contributed by atoms with Crippen LogP contribution in [-0.2, 0) is 27.8 Å². The molecule has 0 spiro atoms. The number of fused-ring (bicyclic) bond motifs is 7. The lowest BCUT2D eigenvalue weighted by Crippen LogP contribution is -2.43. The molecule has 1 N–H and O–H groups in total. The number of aryl methyl sites for hydroxylation is 1. The number of anilines is 1. The molecular formula is C27H32ClNO4S. The van der Waals surface area contributed by atoms with E-state index in [1.807, 2.05) is 6.92 Å². The van der Waals surface area contributed by atoms with Gasteiger partial charge in [-0.25, -0.2) is 4.79 Å². The minimum atomic E-state index is -0.328. The van der Waals surface area contributed by atoms with E-state index in [2.05, 4.69) is 30.4 Å². The number of amides is 1. The monoisotopic (exact) mass is 501 g/mol. The molecule has 1 saturated carbocycles. The molecule has 1 amide bonds. The van der Waals surface area contributed by atoms with Crippen molar-refractivity contribution in [2.24, 2.45) is 11.8 Å². The maximum atomic E-state index is 13.1. The van der Waals surface area contributed by atoms with Gasteiger partial charge in [0, 0.05) is 17.2 Å². The molecule has 182 valence electrons. The summed E-state index contributed by atoms with van der Waals surface area (Å²) < 4.78 is 10.9. The number of hydrogen-bond acceptors (Lipinski definition) is 5. The molecule has 0 bridgehead atoms. The van der Waals surface area contributed by atoms with Gasteiger partial charge < -0.3 is 14.8 Å². The Labute approximate surface area is 210 Å². The third-order valence-corrected chi connectivity index (χ3v) is 9.65. The predicted molar refractivity (Wildman–Crippen MR) is 136 cm³/mol. The van der Waals surface area contributed by atoms with Gasteiger partial charge >= 0.3 is 5.97 Å². The molecule has 1 fully saturated rings. The van der Waals surface area contributed by atoms with Crippen molar-refractivity contribution in [3.05, 3.63) is 45.3 Å². The summed E-state index contributed by atoms with van der Waals surface area (Å²) in [6, 6.07) is 6.57. The molecule has 0 radical (unpaired) electrons. The van der Waals surface area contributed by atoms with Crippen molar-refractivity contribution < 1.29 is 19.1 Å². The number of alkyl halides is 1. The van der Waals surface area contributed by atoms with Crippen LogP contribution in [0.5, 0.6) is 5.75 Å². The van der Waals surface area contributed by atoms with Crippen LogP contribution in [0, 0.1) is 11.8 Å². The highest BCUT2D eigenvalue weighted by Gasteiger charge is 2.55. The molecule has 7 heteroatoms. The van der Waals surface area contributed by atoms with Crippen molar-refractivity contribution in [1.82, 2.24) is 0 Å². The van der Waals surface area contributed by atoms with Gasteiger partial charge in [0.1, 0.15) is 10.8 Å². The minimum Gasteiger partial charge on any atom is -0.497 e. The number of methoxy groups -OCH3 is 1. The van der Waals surface area contributed by atoms with Crippen molar-refractivity contribution in [3.8, 4) is 5.75 Å². The smallest absolute Gasteiger partial charge is 0.341 e. The van der Waals surface area contributed by atoms with Crippen LogP contribution in [0.25, 0.3) is 0 Å². The second-order valence-corrected chi connectivity index (χ2v) is 11.4. The van der Waals surface area contributed by atoms with Gasteiger partial charge in [-0.1, -0.05) is 13.0 Å². The summed E-state index contributed by atoms with van der Waals surface area (Å²) in [5, 5.41) is 3.58. The van der Waals surface area contributed by atoms with Crippen molar-refractivity contribution in [2.45, 2.75) is 63.7 Å². The zero-order chi connectivity index (χ0) is 24.0. The molecule has 1 aromatic carbocycles. The van der Waals surface area contributed by atoms with Crippen LogP contribution in [0.1, 0.15) is 77.4 Å². The highest BCUT2D eigenvalue weighted by atomic mass is 35.5. The molecule has 0 aliphatic heterocycles. The Morgan fingerprint density at radius 2 is 2.12 bits per heavy atom. The quantitative estimate of drug-likeness (QED) is 0.385. The predicted octanol–water partition coefficient (Wildman–Crippen LogP) is 6.07. The van der Waals surface area contributed by atoms with Gasteiger partial charge in [0.05, 0.1) is 19.3 Å². The number of rotatable bonds is 6. The van der Waals surface area contributed by atoms with E-state index < -0.39 is 0 Å². The van der Waals surface area contributed by atoms with Gasteiger partial charge in [-0.05, 0) is 91.0 Å². The molecule has 3 aliphatic rings. The largest absolute Gasteiger partial charge is 0.497 e.